The summed E-state index contributed by atoms with van der Waals surface area (Å²) >= 11 is 0. The molecule has 1 saturated heterocycles. The molecule has 1 fully saturated rings. The topological polar surface area (TPSA) is 99.5 Å². The maximum absolute atomic E-state index is 6.43. The second-order valence-corrected chi connectivity index (χ2v) is 9.30. The van der Waals surface area contributed by atoms with E-state index in [1.54, 1.807) is 7.11 Å². The summed E-state index contributed by atoms with van der Waals surface area (Å²) in [5.41, 5.74) is 11.3. The Morgan fingerprint density at radius 3 is 2.86 bits per heavy atom. The number of aryl methyl sites for hydroxylation is 2. The number of nitrogens with zero attached hydrogens (tertiary/aromatic N) is 4. The van der Waals surface area contributed by atoms with Gasteiger partial charge in [-0.1, -0.05) is 25.8 Å². The summed E-state index contributed by atoms with van der Waals surface area (Å²) < 4.78 is 17.0. The van der Waals surface area contributed by atoms with E-state index in [-0.39, 0.29) is 12.8 Å². The Hall–Kier alpha value is -3.23. The van der Waals surface area contributed by atoms with E-state index in [1.807, 2.05) is 32.2 Å². The van der Waals surface area contributed by atoms with Crippen LogP contribution in [-0.4, -0.2) is 47.5 Å². The average molecular weight is 476 g/mol. The zero-order valence-corrected chi connectivity index (χ0v) is 20.9. The lowest BCUT2D eigenvalue weighted by molar-refractivity contribution is 0.0511. The van der Waals surface area contributed by atoms with Crippen molar-refractivity contribution in [2.24, 2.45) is 5.73 Å². The van der Waals surface area contributed by atoms with Crippen LogP contribution >= 0.6 is 0 Å². The third-order valence-electron chi connectivity index (χ3n) is 6.88. The van der Waals surface area contributed by atoms with Gasteiger partial charge in [0.2, 0.25) is 0 Å². The smallest absolute Gasteiger partial charge is 0.192 e. The number of hydrogen-bond donors (Lipinski definition) is 1. The fourth-order valence-corrected chi connectivity index (χ4v) is 5.08. The second kappa shape index (κ2) is 9.79. The molecule has 2 N–H and O–H groups in total. The van der Waals surface area contributed by atoms with Crippen molar-refractivity contribution in [2.45, 2.75) is 58.5 Å². The number of nitrogens with two attached hydrogens (primary N) is 1. The summed E-state index contributed by atoms with van der Waals surface area (Å²) in [5.74, 6) is 2.27. The lowest BCUT2D eigenvalue weighted by Crippen LogP contribution is -2.39. The van der Waals surface area contributed by atoms with Gasteiger partial charge in [0.15, 0.2) is 18.3 Å². The number of fused-ring (bicyclic) bond motifs is 2. The normalized spacial score (nSPS) is 18.1. The standard InChI is InChI=1S/C27H33N5O3/c1-5-6-7-23-20(28)10-11-32(23)25-12-18-8-9-21(31-22(18)14-29-25)19-13-24-26(30-17(3)35-24)16(2)27(19)34-15-33-4/h8-9,12-14,20,23H,5-7,10-11,15,28H2,1-4H3. The predicted octanol–water partition coefficient (Wildman–Crippen LogP) is 5.13. The van der Waals surface area contributed by atoms with E-state index < -0.39 is 0 Å². The van der Waals surface area contributed by atoms with Crippen molar-refractivity contribution in [1.29, 1.82) is 0 Å². The van der Waals surface area contributed by atoms with Crippen LogP contribution in [0.25, 0.3) is 33.3 Å². The Morgan fingerprint density at radius 2 is 2.06 bits per heavy atom. The molecule has 0 amide bonds. The fourth-order valence-electron chi connectivity index (χ4n) is 5.08. The Bertz CT molecular complexity index is 1350. The van der Waals surface area contributed by atoms with Crippen LogP contribution in [0.5, 0.6) is 5.75 Å². The molecule has 0 saturated carbocycles. The van der Waals surface area contributed by atoms with Crippen LogP contribution < -0.4 is 15.4 Å². The van der Waals surface area contributed by atoms with E-state index in [4.69, 9.17) is 29.6 Å². The van der Waals surface area contributed by atoms with E-state index >= 15 is 0 Å². The number of pyridine rings is 2. The lowest BCUT2D eigenvalue weighted by atomic mass is 10.0. The van der Waals surface area contributed by atoms with Gasteiger partial charge < -0.3 is 24.5 Å². The molecule has 1 aromatic carbocycles. The van der Waals surface area contributed by atoms with Crippen LogP contribution in [-0.2, 0) is 4.74 Å². The second-order valence-electron chi connectivity index (χ2n) is 9.30. The largest absolute Gasteiger partial charge is 0.466 e. The molecule has 5 rings (SSSR count). The first-order chi connectivity index (χ1) is 17.0. The quantitative estimate of drug-likeness (QED) is 0.350. The van der Waals surface area contributed by atoms with Gasteiger partial charge >= 0.3 is 0 Å². The Kier molecular flexibility index (Phi) is 6.58. The molecule has 8 heteroatoms. The highest BCUT2D eigenvalue weighted by Gasteiger charge is 2.32. The third kappa shape index (κ3) is 4.44. The van der Waals surface area contributed by atoms with Crippen molar-refractivity contribution < 1.29 is 13.9 Å². The van der Waals surface area contributed by atoms with Crippen LogP contribution in [0.4, 0.5) is 5.82 Å². The molecule has 0 radical (unpaired) electrons. The molecule has 1 aliphatic rings. The van der Waals surface area contributed by atoms with Crippen LogP contribution in [0.3, 0.4) is 0 Å². The lowest BCUT2D eigenvalue weighted by Gasteiger charge is -2.28. The number of rotatable bonds is 8. The summed E-state index contributed by atoms with van der Waals surface area (Å²) in [6.45, 7) is 7.11. The number of anilines is 1. The highest BCUT2D eigenvalue weighted by Crippen LogP contribution is 2.38. The number of benzene rings is 1. The van der Waals surface area contributed by atoms with Gasteiger partial charge in [-0.2, -0.15) is 0 Å². The molecule has 184 valence electrons. The van der Waals surface area contributed by atoms with Gasteiger partial charge in [-0.25, -0.2) is 15.0 Å². The summed E-state index contributed by atoms with van der Waals surface area (Å²) in [7, 11) is 1.60. The van der Waals surface area contributed by atoms with Crippen LogP contribution in [0.15, 0.2) is 34.9 Å². The van der Waals surface area contributed by atoms with Crippen molar-refractivity contribution in [3.8, 4) is 17.0 Å². The molecule has 35 heavy (non-hydrogen) atoms. The van der Waals surface area contributed by atoms with Crippen molar-refractivity contribution in [3.05, 3.63) is 41.9 Å². The van der Waals surface area contributed by atoms with Crippen LogP contribution in [0.1, 0.15) is 44.1 Å². The zero-order chi connectivity index (χ0) is 24.5. The number of unbranched alkanes of at least 4 members (excludes halogenated alkanes) is 1. The minimum atomic E-state index is 0.131. The van der Waals surface area contributed by atoms with Gasteiger partial charge in [-0.15, -0.1) is 0 Å². The molecule has 4 aromatic rings. The Morgan fingerprint density at radius 1 is 1.20 bits per heavy atom. The van der Waals surface area contributed by atoms with Crippen molar-refractivity contribution in [1.82, 2.24) is 15.0 Å². The number of oxazole rings is 1. The molecular weight excluding hydrogens is 442 g/mol. The molecule has 3 aromatic heterocycles. The number of methoxy groups -OCH3 is 1. The number of hydrogen-bond acceptors (Lipinski definition) is 8. The minimum Gasteiger partial charge on any atom is -0.466 e. The van der Waals surface area contributed by atoms with Crippen LogP contribution in [0.2, 0.25) is 0 Å². The van der Waals surface area contributed by atoms with Crippen molar-refractivity contribution in [3.63, 3.8) is 0 Å². The molecule has 8 nitrogen and oxygen atoms in total. The van der Waals surface area contributed by atoms with Gasteiger partial charge in [0, 0.05) is 49.2 Å². The van der Waals surface area contributed by atoms with E-state index in [0.717, 1.165) is 58.4 Å². The van der Waals surface area contributed by atoms with Crippen molar-refractivity contribution in [2.75, 3.05) is 25.3 Å². The van der Waals surface area contributed by atoms with E-state index in [2.05, 4.69) is 28.9 Å². The zero-order valence-electron chi connectivity index (χ0n) is 20.9. The molecule has 2 atom stereocenters. The average Bonchev–Trinajstić information content (AvgIpc) is 3.43. The highest BCUT2D eigenvalue weighted by molar-refractivity contribution is 5.90. The monoisotopic (exact) mass is 475 g/mol. The Labute approximate surface area is 205 Å². The molecule has 0 aliphatic carbocycles. The molecule has 4 heterocycles. The highest BCUT2D eigenvalue weighted by atomic mass is 16.7. The minimum absolute atomic E-state index is 0.131. The summed E-state index contributed by atoms with van der Waals surface area (Å²) in [6, 6.07) is 8.70. The SMILES string of the molecule is CCCCC1C(N)CCN1c1cc2ccc(-c3cc4oc(C)nc4c(C)c3OCOC)nc2cn1. The van der Waals surface area contributed by atoms with Gasteiger partial charge in [0.25, 0.3) is 0 Å². The summed E-state index contributed by atoms with van der Waals surface area (Å²) in [4.78, 5) is 16.6. The maximum atomic E-state index is 6.43. The molecule has 1 aliphatic heterocycles. The summed E-state index contributed by atoms with van der Waals surface area (Å²) in [6.07, 6.45) is 6.30. The first-order valence-electron chi connectivity index (χ1n) is 12.3. The Balaban J connectivity index is 1.53. The van der Waals surface area contributed by atoms with Gasteiger partial charge in [0.1, 0.15) is 17.1 Å². The fraction of sp³-hybridized carbons (Fsp3) is 0.444. The number of aromatic nitrogens is 3. The van der Waals surface area contributed by atoms with E-state index in [0.29, 0.717) is 23.3 Å². The molecule has 0 bridgehead atoms. The number of ether oxygens (including phenoxy) is 2. The van der Waals surface area contributed by atoms with Crippen molar-refractivity contribution >= 4 is 27.8 Å². The first kappa shape index (κ1) is 23.5. The van der Waals surface area contributed by atoms with Gasteiger partial charge in [-0.05, 0) is 38.0 Å². The summed E-state index contributed by atoms with van der Waals surface area (Å²) in [5, 5.41) is 1.04. The first-order valence-corrected chi connectivity index (χ1v) is 12.3. The molecular formula is C27H33N5O3. The van der Waals surface area contributed by atoms with Crippen LogP contribution in [0, 0.1) is 13.8 Å². The van der Waals surface area contributed by atoms with Gasteiger partial charge in [-0.3, -0.25) is 0 Å². The van der Waals surface area contributed by atoms with E-state index in [9.17, 15) is 0 Å². The predicted molar refractivity (Wildman–Crippen MR) is 138 cm³/mol. The van der Waals surface area contributed by atoms with E-state index in [1.165, 1.54) is 12.8 Å². The third-order valence-corrected chi connectivity index (χ3v) is 6.88. The molecule has 0 spiro atoms. The van der Waals surface area contributed by atoms with Gasteiger partial charge in [0.05, 0.1) is 17.4 Å². The maximum Gasteiger partial charge on any atom is 0.192 e. The molecule has 2 unspecified atom stereocenters.